The number of fused-ring (bicyclic) bond motifs is 1. The summed E-state index contributed by atoms with van der Waals surface area (Å²) in [6.07, 6.45) is 0. The Bertz CT molecular complexity index is 1650. The van der Waals surface area contributed by atoms with Crippen LogP contribution < -0.4 is 10.1 Å². The fraction of sp³-hybridized carbons (Fsp3) is 0.115. The van der Waals surface area contributed by atoms with E-state index >= 15 is 0 Å². The van der Waals surface area contributed by atoms with E-state index in [9.17, 15) is 22.9 Å². The molecule has 4 rings (SSSR count). The normalized spacial score (nSPS) is 11.7. The summed E-state index contributed by atoms with van der Waals surface area (Å²) in [4.78, 5) is 12.6. The minimum atomic E-state index is -4.67. The number of carbonyl (C=O) groups is 1. The lowest BCUT2D eigenvalue weighted by molar-refractivity contribution is 0.102. The van der Waals surface area contributed by atoms with Crippen LogP contribution in [0.2, 0.25) is 5.02 Å². The standard InChI is InChI=1S/C26H22ClN3O6S/c1-3-36-18-9-6-8-17(14-18)28-26(32)20-13-16-7-4-5-10-19(16)23(25(20)31)29-30-24-21(37(33,34)35)12-11-15(2)22(24)27/h4-14,31H,3H2,1-2H3,(H,28,32)(H,33,34,35). The molecule has 0 saturated carbocycles. The highest BCUT2D eigenvalue weighted by Gasteiger charge is 2.22. The van der Waals surface area contributed by atoms with Gasteiger partial charge in [0.05, 0.1) is 17.2 Å². The van der Waals surface area contributed by atoms with E-state index in [0.29, 0.717) is 34.4 Å². The molecule has 37 heavy (non-hydrogen) atoms. The fourth-order valence-electron chi connectivity index (χ4n) is 3.67. The Morgan fingerprint density at radius 1 is 1.03 bits per heavy atom. The van der Waals surface area contributed by atoms with Gasteiger partial charge in [0, 0.05) is 17.1 Å². The Morgan fingerprint density at radius 3 is 2.49 bits per heavy atom. The van der Waals surface area contributed by atoms with E-state index in [2.05, 4.69) is 15.5 Å². The molecule has 0 fully saturated rings. The van der Waals surface area contributed by atoms with Gasteiger partial charge in [-0.05, 0) is 49.1 Å². The molecule has 0 heterocycles. The topological polar surface area (TPSA) is 138 Å². The molecule has 0 spiro atoms. The fourth-order valence-corrected chi connectivity index (χ4v) is 4.56. The van der Waals surface area contributed by atoms with Crippen LogP contribution in [0.1, 0.15) is 22.8 Å². The first-order valence-corrected chi connectivity index (χ1v) is 12.9. The molecule has 0 unspecified atom stereocenters. The maximum absolute atomic E-state index is 13.1. The van der Waals surface area contributed by atoms with Gasteiger partial charge in [-0.1, -0.05) is 48.0 Å². The van der Waals surface area contributed by atoms with Crippen molar-refractivity contribution in [3.63, 3.8) is 0 Å². The third kappa shape index (κ3) is 5.56. The third-order valence-corrected chi connectivity index (χ3v) is 6.81. The Kier molecular flexibility index (Phi) is 7.44. The van der Waals surface area contributed by atoms with Gasteiger partial charge < -0.3 is 15.2 Å². The van der Waals surface area contributed by atoms with Gasteiger partial charge in [-0.25, -0.2) is 0 Å². The number of phenols is 1. The number of halogens is 1. The van der Waals surface area contributed by atoms with Gasteiger partial charge in [0.1, 0.15) is 22.0 Å². The molecule has 0 aromatic heterocycles. The number of anilines is 1. The number of phenolic OH excluding ortho intramolecular Hbond substituents is 1. The highest BCUT2D eigenvalue weighted by molar-refractivity contribution is 7.86. The smallest absolute Gasteiger partial charge is 0.296 e. The van der Waals surface area contributed by atoms with Crippen LogP contribution in [-0.2, 0) is 10.1 Å². The van der Waals surface area contributed by atoms with Gasteiger partial charge in [-0.3, -0.25) is 9.35 Å². The van der Waals surface area contributed by atoms with Crippen molar-refractivity contribution in [2.75, 3.05) is 11.9 Å². The Labute approximate surface area is 218 Å². The molecule has 190 valence electrons. The average Bonchev–Trinajstić information content (AvgIpc) is 2.85. The molecule has 0 radical (unpaired) electrons. The summed E-state index contributed by atoms with van der Waals surface area (Å²) < 4.78 is 38.8. The van der Waals surface area contributed by atoms with Crippen molar-refractivity contribution >= 4 is 55.5 Å². The Hall–Kier alpha value is -3.99. The molecular weight excluding hydrogens is 518 g/mol. The van der Waals surface area contributed by atoms with Crippen molar-refractivity contribution in [3.05, 3.63) is 82.9 Å². The molecule has 9 nitrogen and oxygen atoms in total. The molecule has 4 aromatic carbocycles. The monoisotopic (exact) mass is 539 g/mol. The maximum Gasteiger partial charge on any atom is 0.296 e. The lowest BCUT2D eigenvalue weighted by Gasteiger charge is -2.12. The molecule has 3 N–H and O–H groups in total. The molecule has 0 aliphatic heterocycles. The zero-order chi connectivity index (χ0) is 26.7. The van der Waals surface area contributed by atoms with E-state index in [4.69, 9.17) is 16.3 Å². The Morgan fingerprint density at radius 2 is 1.76 bits per heavy atom. The van der Waals surface area contributed by atoms with E-state index in [1.807, 2.05) is 6.92 Å². The average molecular weight is 540 g/mol. The molecular formula is C26H22ClN3O6S. The summed E-state index contributed by atoms with van der Waals surface area (Å²) in [6, 6.07) is 17.7. The van der Waals surface area contributed by atoms with Crippen LogP contribution in [0.4, 0.5) is 17.1 Å². The predicted octanol–water partition coefficient (Wildman–Crippen LogP) is 6.82. The van der Waals surface area contributed by atoms with Crippen LogP contribution in [0, 0.1) is 6.92 Å². The van der Waals surface area contributed by atoms with Crippen LogP contribution in [-0.4, -0.2) is 30.6 Å². The highest BCUT2D eigenvalue weighted by Crippen LogP contribution is 2.42. The second-order valence-electron chi connectivity index (χ2n) is 7.98. The number of amides is 1. The molecule has 0 aliphatic rings. The van der Waals surface area contributed by atoms with E-state index in [0.717, 1.165) is 6.07 Å². The van der Waals surface area contributed by atoms with Crippen LogP contribution in [0.15, 0.2) is 81.9 Å². The van der Waals surface area contributed by atoms with Gasteiger partial charge in [-0.15, -0.1) is 10.2 Å². The molecule has 0 atom stereocenters. The summed E-state index contributed by atoms with van der Waals surface area (Å²) in [5, 5.41) is 22.8. The van der Waals surface area contributed by atoms with E-state index in [-0.39, 0.29) is 22.0 Å². The summed E-state index contributed by atoms with van der Waals surface area (Å²) in [5.41, 5.74) is 0.496. The SMILES string of the molecule is CCOc1cccc(NC(=O)c2cc3ccccc3c(N=Nc3c(S(=O)(=O)O)ccc(C)c3Cl)c2O)c1. The van der Waals surface area contributed by atoms with Gasteiger partial charge in [0.15, 0.2) is 5.75 Å². The first-order chi connectivity index (χ1) is 17.6. The zero-order valence-corrected chi connectivity index (χ0v) is 21.3. The summed E-state index contributed by atoms with van der Waals surface area (Å²) in [7, 11) is -4.67. The molecule has 0 bridgehead atoms. The molecule has 11 heteroatoms. The van der Waals surface area contributed by atoms with Crippen molar-refractivity contribution in [2.45, 2.75) is 18.7 Å². The van der Waals surface area contributed by atoms with Crippen molar-refractivity contribution in [1.82, 2.24) is 0 Å². The van der Waals surface area contributed by atoms with Gasteiger partial charge in [-0.2, -0.15) is 8.42 Å². The largest absolute Gasteiger partial charge is 0.505 e. The molecule has 1 amide bonds. The number of azo groups is 1. The minimum Gasteiger partial charge on any atom is -0.505 e. The lowest BCUT2D eigenvalue weighted by Crippen LogP contribution is -2.12. The maximum atomic E-state index is 13.1. The van der Waals surface area contributed by atoms with Crippen LogP contribution >= 0.6 is 11.6 Å². The van der Waals surface area contributed by atoms with Crippen molar-refractivity contribution in [1.29, 1.82) is 0 Å². The first kappa shape index (κ1) is 26.1. The van der Waals surface area contributed by atoms with Crippen molar-refractivity contribution in [3.8, 4) is 11.5 Å². The zero-order valence-electron chi connectivity index (χ0n) is 19.8. The number of nitrogens with zero attached hydrogens (tertiary/aromatic N) is 2. The number of aromatic hydroxyl groups is 1. The number of hydrogen-bond donors (Lipinski definition) is 3. The van der Waals surface area contributed by atoms with Gasteiger partial charge >= 0.3 is 0 Å². The number of ether oxygens (including phenoxy) is 1. The lowest BCUT2D eigenvalue weighted by atomic mass is 10.0. The van der Waals surface area contributed by atoms with Gasteiger partial charge in [0.25, 0.3) is 16.0 Å². The Balaban J connectivity index is 1.82. The first-order valence-electron chi connectivity index (χ1n) is 11.1. The molecule has 0 aliphatic carbocycles. The van der Waals surface area contributed by atoms with Crippen LogP contribution in [0.5, 0.6) is 11.5 Å². The van der Waals surface area contributed by atoms with Crippen LogP contribution in [0.25, 0.3) is 10.8 Å². The number of rotatable bonds is 7. The second-order valence-corrected chi connectivity index (χ2v) is 9.74. The molecule has 4 aromatic rings. The number of aryl methyl sites for hydroxylation is 1. The summed E-state index contributed by atoms with van der Waals surface area (Å²) in [5.74, 6) is -0.513. The van der Waals surface area contributed by atoms with E-state index < -0.39 is 26.7 Å². The quantitative estimate of drug-likeness (QED) is 0.174. The summed E-state index contributed by atoms with van der Waals surface area (Å²) in [6.45, 7) is 3.94. The summed E-state index contributed by atoms with van der Waals surface area (Å²) >= 11 is 6.27. The molecule has 0 saturated heterocycles. The minimum absolute atomic E-state index is 0.0363. The second kappa shape index (κ2) is 10.6. The number of carbonyl (C=O) groups excluding carboxylic acids is 1. The number of nitrogens with one attached hydrogen (secondary N) is 1. The van der Waals surface area contributed by atoms with Crippen molar-refractivity contribution in [2.24, 2.45) is 10.2 Å². The highest BCUT2D eigenvalue weighted by atomic mass is 35.5. The third-order valence-electron chi connectivity index (χ3n) is 5.44. The van der Waals surface area contributed by atoms with E-state index in [1.54, 1.807) is 55.5 Å². The number of hydrogen-bond acceptors (Lipinski definition) is 7. The van der Waals surface area contributed by atoms with Gasteiger partial charge in [0.2, 0.25) is 0 Å². The predicted molar refractivity (Wildman–Crippen MR) is 141 cm³/mol. The number of benzene rings is 4. The van der Waals surface area contributed by atoms with E-state index in [1.165, 1.54) is 12.1 Å². The van der Waals surface area contributed by atoms with Crippen molar-refractivity contribution < 1.29 is 27.6 Å². The van der Waals surface area contributed by atoms with Crippen LogP contribution in [0.3, 0.4) is 0 Å².